The zero-order valence-electron chi connectivity index (χ0n) is 13.6. The minimum Gasteiger partial charge on any atom is -0.252 e. The highest BCUT2D eigenvalue weighted by Crippen LogP contribution is 2.25. The lowest BCUT2D eigenvalue weighted by atomic mass is 10.0. The normalized spacial score (nSPS) is 13.8. The maximum atomic E-state index is 4.60. The van der Waals surface area contributed by atoms with Crippen molar-refractivity contribution >= 4 is 22.2 Å². The SMILES string of the molecule is C/C(=N/Nc1nc(-c2ccccc2)cs1)c1ccc2c(c1)CCC2. The maximum absolute atomic E-state index is 4.60. The van der Waals surface area contributed by atoms with Gasteiger partial charge in [0.1, 0.15) is 0 Å². The molecular formula is C20H19N3S. The first-order valence-corrected chi connectivity index (χ1v) is 9.11. The quantitative estimate of drug-likeness (QED) is 0.530. The van der Waals surface area contributed by atoms with Gasteiger partial charge < -0.3 is 0 Å². The molecule has 3 nitrogen and oxygen atoms in total. The van der Waals surface area contributed by atoms with Crippen molar-refractivity contribution in [2.24, 2.45) is 5.10 Å². The number of hydrazone groups is 1. The molecule has 2 aromatic carbocycles. The Hall–Kier alpha value is -2.46. The lowest BCUT2D eigenvalue weighted by Crippen LogP contribution is -2.00. The zero-order valence-corrected chi connectivity index (χ0v) is 14.4. The fraction of sp³-hybridized carbons (Fsp3) is 0.200. The van der Waals surface area contributed by atoms with Crippen LogP contribution in [0.4, 0.5) is 5.13 Å². The molecule has 0 bridgehead atoms. The van der Waals surface area contributed by atoms with E-state index in [2.05, 4.69) is 51.2 Å². The molecule has 1 N–H and O–H groups in total. The van der Waals surface area contributed by atoms with Crippen molar-refractivity contribution in [1.29, 1.82) is 0 Å². The van der Waals surface area contributed by atoms with Gasteiger partial charge in [0.15, 0.2) is 0 Å². The number of rotatable bonds is 4. The van der Waals surface area contributed by atoms with Crippen molar-refractivity contribution in [2.75, 3.05) is 5.43 Å². The Morgan fingerprint density at radius 3 is 2.79 bits per heavy atom. The first kappa shape index (κ1) is 15.1. The Balaban J connectivity index is 1.50. The Bertz CT molecular complexity index is 881. The monoisotopic (exact) mass is 333 g/mol. The van der Waals surface area contributed by atoms with Crippen LogP contribution in [-0.4, -0.2) is 10.7 Å². The van der Waals surface area contributed by atoms with Crippen molar-refractivity contribution in [3.63, 3.8) is 0 Å². The van der Waals surface area contributed by atoms with E-state index < -0.39 is 0 Å². The summed E-state index contributed by atoms with van der Waals surface area (Å²) in [5, 5.41) is 7.38. The van der Waals surface area contributed by atoms with Crippen LogP contribution in [0.3, 0.4) is 0 Å². The highest BCUT2D eigenvalue weighted by Gasteiger charge is 2.11. The molecule has 1 heterocycles. The summed E-state index contributed by atoms with van der Waals surface area (Å²) in [5.41, 5.74) is 10.3. The van der Waals surface area contributed by atoms with Crippen LogP contribution < -0.4 is 5.43 Å². The van der Waals surface area contributed by atoms with Gasteiger partial charge in [-0.2, -0.15) is 5.10 Å². The molecule has 1 aromatic heterocycles. The molecule has 120 valence electrons. The Labute approximate surface area is 146 Å². The van der Waals surface area contributed by atoms with Gasteiger partial charge in [0, 0.05) is 10.9 Å². The van der Waals surface area contributed by atoms with E-state index in [1.165, 1.54) is 36.0 Å². The highest BCUT2D eigenvalue weighted by molar-refractivity contribution is 7.14. The van der Waals surface area contributed by atoms with E-state index in [4.69, 9.17) is 0 Å². The van der Waals surface area contributed by atoms with E-state index in [9.17, 15) is 0 Å². The number of aromatic nitrogens is 1. The average Bonchev–Trinajstić information content (AvgIpc) is 3.29. The van der Waals surface area contributed by atoms with Crippen LogP contribution >= 0.6 is 11.3 Å². The average molecular weight is 333 g/mol. The summed E-state index contributed by atoms with van der Waals surface area (Å²) < 4.78 is 0. The molecule has 0 unspecified atom stereocenters. The molecule has 1 aliphatic carbocycles. The number of hydrogen-bond donors (Lipinski definition) is 1. The van der Waals surface area contributed by atoms with Crippen molar-refractivity contribution in [3.05, 3.63) is 70.6 Å². The summed E-state index contributed by atoms with van der Waals surface area (Å²) in [6.07, 6.45) is 3.68. The van der Waals surface area contributed by atoms with Crippen LogP contribution in [0.5, 0.6) is 0 Å². The molecule has 1 aliphatic rings. The molecule has 0 fully saturated rings. The summed E-state index contributed by atoms with van der Waals surface area (Å²) in [7, 11) is 0. The van der Waals surface area contributed by atoms with Gasteiger partial charge >= 0.3 is 0 Å². The van der Waals surface area contributed by atoms with Gasteiger partial charge in [0.25, 0.3) is 0 Å². The molecule has 0 spiro atoms. The van der Waals surface area contributed by atoms with E-state index in [0.717, 1.165) is 22.1 Å². The number of thiazole rings is 1. The third-order valence-corrected chi connectivity index (χ3v) is 5.16. The van der Waals surface area contributed by atoms with Crippen LogP contribution in [0.15, 0.2) is 59.0 Å². The second-order valence-electron chi connectivity index (χ2n) is 6.05. The van der Waals surface area contributed by atoms with Gasteiger partial charge in [-0.15, -0.1) is 11.3 Å². The van der Waals surface area contributed by atoms with Crippen molar-refractivity contribution in [2.45, 2.75) is 26.2 Å². The smallest absolute Gasteiger partial charge is 0.203 e. The largest absolute Gasteiger partial charge is 0.252 e. The molecule has 0 atom stereocenters. The van der Waals surface area contributed by atoms with E-state index in [0.29, 0.717) is 0 Å². The minimum absolute atomic E-state index is 0.814. The molecular weight excluding hydrogens is 314 g/mol. The highest BCUT2D eigenvalue weighted by atomic mass is 32.1. The summed E-state index contributed by atoms with van der Waals surface area (Å²) in [5.74, 6) is 0. The molecule has 0 amide bonds. The van der Waals surface area contributed by atoms with E-state index in [1.807, 2.05) is 25.1 Å². The van der Waals surface area contributed by atoms with E-state index >= 15 is 0 Å². The predicted molar refractivity (Wildman–Crippen MR) is 102 cm³/mol. The Morgan fingerprint density at radius 1 is 1.08 bits per heavy atom. The Kier molecular flexibility index (Phi) is 4.13. The van der Waals surface area contributed by atoms with Gasteiger partial charge in [-0.1, -0.05) is 42.5 Å². The molecule has 4 rings (SSSR count). The van der Waals surface area contributed by atoms with Crippen LogP contribution in [-0.2, 0) is 12.8 Å². The van der Waals surface area contributed by atoms with Crippen molar-refractivity contribution < 1.29 is 0 Å². The fourth-order valence-corrected chi connectivity index (χ4v) is 3.72. The van der Waals surface area contributed by atoms with E-state index in [1.54, 1.807) is 11.3 Å². The number of fused-ring (bicyclic) bond motifs is 1. The first-order valence-electron chi connectivity index (χ1n) is 8.23. The summed E-state index contributed by atoms with van der Waals surface area (Å²) in [6, 6.07) is 16.9. The number of aryl methyl sites for hydroxylation is 2. The van der Waals surface area contributed by atoms with Crippen LogP contribution in [0.2, 0.25) is 0 Å². The Morgan fingerprint density at radius 2 is 1.92 bits per heavy atom. The number of anilines is 1. The van der Waals surface area contributed by atoms with Crippen molar-refractivity contribution in [3.8, 4) is 11.3 Å². The van der Waals surface area contributed by atoms with Crippen LogP contribution in [0.1, 0.15) is 30.0 Å². The van der Waals surface area contributed by atoms with Crippen molar-refractivity contribution in [1.82, 2.24) is 4.98 Å². The third-order valence-electron chi connectivity index (χ3n) is 4.41. The second kappa shape index (κ2) is 6.57. The summed E-state index contributed by atoms with van der Waals surface area (Å²) >= 11 is 1.57. The number of nitrogens with one attached hydrogen (secondary N) is 1. The molecule has 4 heteroatoms. The predicted octanol–water partition coefficient (Wildman–Crippen LogP) is 5.13. The fourth-order valence-electron chi connectivity index (χ4n) is 3.06. The molecule has 0 aliphatic heterocycles. The van der Waals surface area contributed by atoms with Gasteiger partial charge in [0.05, 0.1) is 11.4 Å². The molecule has 0 saturated heterocycles. The summed E-state index contributed by atoms with van der Waals surface area (Å²) in [4.78, 5) is 4.60. The molecule has 24 heavy (non-hydrogen) atoms. The van der Waals surface area contributed by atoms with Crippen LogP contribution in [0, 0.1) is 0 Å². The standard InChI is InChI=1S/C20H19N3S/c1-14(17-11-10-15-8-5-9-18(15)12-17)22-23-20-21-19(13-24-20)16-6-3-2-4-7-16/h2-4,6-7,10-13H,5,8-9H2,1H3,(H,21,23)/b22-14-. The van der Waals surface area contributed by atoms with Crippen LogP contribution in [0.25, 0.3) is 11.3 Å². The minimum atomic E-state index is 0.814. The first-order chi connectivity index (χ1) is 11.8. The second-order valence-corrected chi connectivity index (χ2v) is 6.91. The summed E-state index contributed by atoms with van der Waals surface area (Å²) in [6.45, 7) is 2.04. The molecule has 0 radical (unpaired) electrons. The number of nitrogens with zero attached hydrogens (tertiary/aromatic N) is 2. The van der Waals surface area contributed by atoms with Gasteiger partial charge in [-0.3, -0.25) is 5.43 Å². The van der Waals surface area contributed by atoms with Gasteiger partial charge in [0.2, 0.25) is 5.13 Å². The lowest BCUT2D eigenvalue weighted by Gasteiger charge is -2.05. The third kappa shape index (κ3) is 3.10. The van der Waals surface area contributed by atoms with Gasteiger partial charge in [-0.05, 0) is 48.9 Å². The van der Waals surface area contributed by atoms with Gasteiger partial charge in [-0.25, -0.2) is 4.98 Å². The number of hydrogen-bond acceptors (Lipinski definition) is 4. The lowest BCUT2D eigenvalue weighted by molar-refractivity contribution is 0.912. The zero-order chi connectivity index (χ0) is 16.4. The van der Waals surface area contributed by atoms with E-state index in [-0.39, 0.29) is 0 Å². The molecule has 3 aromatic rings. The molecule has 0 saturated carbocycles. The maximum Gasteiger partial charge on any atom is 0.203 e. The number of benzene rings is 2. The topological polar surface area (TPSA) is 37.3 Å².